The van der Waals surface area contributed by atoms with Crippen LogP contribution in [0.1, 0.15) is 35.3 Å². The zero-order valence-corrected chi connectivity index (χ0v) is 18.4. The Hall–Kier alpha value is -4.02. The van der Waals surface area contributed by atoms with Gasteiger partial charge in [0.1, 0.15) is 17.2 Å². The summed E-state index contributed by atoms with van der Waals surface area (Å²) in [5, 5.41) is 3.19. The highest BCUT2D eigenvalue weighted by Crippen LogP contribution is 2.33. The lowest BCUT2D eigenvalue weighted by Gasteiger charge is -2.11. The number of carbonyl (C=O) groups excluding carboxylic acids is 1. The molecule has 1 aliphatic heterocycles. The number of amides is 1. The number of hydrogen-bond donors (Lipinski definition) is 2. The van der Waals surface area contributed by atoms with Gasteiger partial charge in [-0.3, -0.25) is 14.8 Å². The first-order chi connectivity index (χ1) is 16.1. The predicted octanol–water partition coefficient (Wildman–Crippen LogP) is 4.03. The second kappa shape index (κ2) is 8.85. The zero-order valence-electron chi connectivity index (χ0n) is 18.4. The van der Waals surface area contributed by atoms with Crippen LogP contribution in [0.2, 0.25) is 0 Å². The Morgan fingerprint density at radius 1 is 1.18 bits per heavy atom. The van der Waals surface area contributed by atoms with Gasteiger partial charge in [-0.15, -0.1) is 5.92 Å². The van der Waals surface area contributed by atoms with E-state index in [-0.39, 0.29) is 0 Å². The number of para-hydroxylation sites is 1. The number of fused-ring (bicyclic) bond motifs is 1. The topological polar surface area (TPSA) is 88.7 Å². The Labute approximate surface area is 192 Å². The molecule has 1 amide bonds. The fourth-order valence-corrected chi connectivity index (χ4v) is 4.39. The molecule has 7 heteroatoms. The van der Waals surface area contributed by atoms with Crippen molar-refractivity contribution in [2.75, 3.05) is 19.6 Å². The molecule has 2 aromatic heterocycles. The molecular formula is C26H25N5O2. The first-order valence-electron chi connectivity index (χ1n) is 11.0. The molecule has 3 heterocycles. The minimum absolute atomic E-state index is 0.329. The smallest absolute Gasteiger partial charge is 0.269 e. The molecule has 4 aromatic rings. The van der Waals surface area contributed by atoms with Gasteiger partial charge >= 0.3 is 0 Å². The van der Waals surface area contributed by atoms with E-state index in [4.69, 9.17) is 15.5 Å². The molecule has 33 heavy (non-hydrogen) atoms. The number of carbonyl (C=O) groups is 1. The van der Waals surface area contributed by atoms with Crippen LogP contribution in [-0.2, 0) is 0 Å². The highest BCUT2D eigenvalue weighted by atomic mass is 16.5. The molecule has 1 saturated heterocycles. The molecular weight excluding hydrogens is 414 g/mol. The van der Waals surface area contributed by atoms with Gasteiger partial charge in [-0.1, -0.05) is 24.1 Å². The Kier molecular flexibility index (Phi) is 5.59. The Balaban J connectivity index is 1.45. The van der Waals surface area contributed by atoms with E-state index in [1.165, 1.54) is 0 Å². The maximum atomic E-state index is 12.4. The first-order valence-corrected chi connectivity index (χ1v) is 11.0. The number of benzene rings is 2. The summed E-state index contributed by atoms with van der Waals surface area (Å²) in [5.41, 5.74) is 9.32. The number of nitrogens with two attached hydrogens (primary N) is 1. The van der Waals surface area contributed by atoms with Crippen molar-refractivity contribution in [2.45, 2.75) is 19.3 Å². The normalized spacial score (nSPS) is 16.0. The van der Waals surface area contributed by atoms with Gasteiger partial charge in [0.25, 0.3) is 5.91 Å². The number of nitrogens with one attached hydrogen (secondary N) is 1. The highest BCUT2D eigenvalue weighted by Gasteiger charge is 2.29. The molecule has 2 aromatic carbocycles. The molecule has 0 aliphatic carbocycles. The number of nitrogens with zero attached hydrogens (tertiary/aromatic N) is 3. The first kappa shape index (κ1) is 20.9. The summed E-state index contributed by atoms with van der Waals surface area (Å²) in [6, 6.07) is 17.1. The number of H-pyrrole nitrogens is 1. The van der Waals surface area contributed by atoms with Crippen LogP contribution < -0.4 is 10.5 Å². The fraction of sp³-hybridized carbons (Fsp3) is 0.231. The van der Waals surface area contributed by atoms with Crippen LogP contribution in [0, 0.1) is 11.8 Å². The van der Waals surface area contributed by atoms with Gasteiger partial charge in [0.05, 0.1) is 6.54 Å². The molecule has 0 saturated carbocycles. The van der Waals surface area contributed by atoms with Crippen LogP contribution in [0.15, 0.2) is 60.8 Å². The second-order valence-corrected chi connectivity index (χ2v) is 8.15. The van der Waals surface area contributed by atoms with Crippen LogP contribution in [-0.4, -0.2) is 45.0 Å². The second-order valence-electron chi connectivity index (χ2n) is 8.15. The molecule has 1 aliphatic rings. The van der Waals surface area contributed by atoms with Crippen molar-refractivity contribution >= 4 is 11.6 Å². The lowest BCUT2D eigenvalue weighted by Crippen LogP contribution is -2.20. The molecule has 0 radical (unpaired) electrons. The Morgan fingerprint density at radius 2 is 1.94 bits per heavy atom. The van der Waals surface area contributed by atoms with E-state index in [9.17, 15) is 4.79 Å². The van der Waals surface area contributed by atoms with Crippen molar-refractivity contribution in [1.29, 1.82) is 0 Å². The van der Waals surface area contributed by atoms with E-state index in [0.29, 0.717) is 23.1 Å². The van der Waals surface area contributed by atoms with Gasteiger partial charge in [-0.2, -0.15) is 0 Å². The molecule has 0 spiro atoms. The van der Waals surface area contributed by atoms with E-state index in [1.807, 2.05) is 67.7 Å². The van der Waals surface area contributed by atoms with Gasteiger partial charge in [-0.25, -0.2) is 9.50 Å². The van der Waals surface area contributed by atoms with Crippen LogP contribution in [0.25, 0.3) is 16.9 Å². The largest absolute Gasteiger partial charge is 0.457 e. The van der Waals surface area contributed by atoms with Crippen LogP contribution >= 0.6 is 0 Å². The van der Waals surface area contributed by atoms with Gasteiger partial charge in [0.2, 0.25) is 0 Å². The SMILES string of the molecule is CC#CCN1CCC(c2c[nH]n3c(C(N)=O)c(-c4ccc(Oc5ccccc5)cc4)nc23)C1. The van der Waals surface area contributed by atoms with Crippen LogP contribution in [0.3, 0.4) is 0 Å². The van der Waals surface area contributed by atoms with E-state index in [0.717, 1.165) is 48.6 Å². The summed E-state index contributed by atoms with van der Waals surface area (Å²) in [6.07, 6.45) is 2.97. The summed E-state index contributed by atoms with van der Waals surface area (Å²) in [4.78, 5) is 19.6. The van der Waals surface area contributed by atoms with E-state index in [1.54, 1.807) is 4.52 Å². The molecule has 1 fully saturated rings. The fourth-order valence-electron chi connectivity index (χ4n) is 4.39. The van der Waals surface area contributed by atoms with Gasteiger partial charge in [0.15, 0.2) is 11.3 Å². The van der Waals surface area contributed by atoms with Crippen molar-refractivity contribution in [3.05, 3.63) is 72.1 Å². The number of primary amides is 1. The molecule has 1 atom stereocenters. The molecule has 3 N–H and O–H groups in total. The Bertz CT molecular complexity index is 1340. The number of imidazole rings is 1. The number of rotatable bonds is 6. The van der Waals surface area contributed by atoms with Crippen molar-refractivity contribution in [2.24, 2.45) is 5.73 Å². The van der Waals surface area contributed by atoms with E-state index >= 15 is 0 Å². The molecule has 166 valence electrons. The number of likely N-dealkylation sites (tertiary alicyclic amines) is 1. The van der Waals surface area contributed by atoms with E-state index in [2.05, 4.69) is 21.8 Å². The average Bonchev–Trinajstić information content (AvgIpc) is 3.54. The maximum absolute atomic E-state index is 12.4. The predicted molar refractivity (Wildman–Crippen MR) is 127 cm³/mol. The molecule has 7 nitrogen and oxygen atoms in total. The monoisotopic (exact) mass is 439 g/mol. The van der Waals surface area contributed by atoms with Crippen molar-refractivity contribution in [3.63, 3.8) is 0 Å². The molecule has 1 unspecified atom stereocenters. The minimum Gasteiger partial charge on any atom is -0.457 e. The van der Waals surface area contributed by atoms with Gasteiger partial charge < -0.3 is 10.5 Å². The number of hydrogen-bond acceptors (Lipinski definition) is 4. The maximum Gasteiger partial charge on any atom is 0.269 e. The quantitative estimate of drug-likeness (QED) is 0.444. The number of ether oxygens (including phenoxy) is 1. The van der Waals surface area contributed by atoms with Crippen LogP contribution in [0.5, 0.6) is 11.5 Å². The molecule has 5 rings (SSSR count). The minimum atomic E-state index is -0.526. The third kappa shape index (κ3) is 4.09. The van der Waals surface area contributed by atoms with Crippen molar-refractivity contribution < 1.29 is 9.53 Å². The van der Waals surface area contributed by atoms with Gasteiger partial charge in [-0.05, 0) is 56.3 Å². The third-order valence-electron chi connectivity index (χ3n) is 6.02. The average molecular weight is 440 g/mol. The summed E-state index contributed by atoms with van der Waals surface area (Å²) >= 11 is 0. The van der Waals surface area contributed by atoms with Crippen LogP contribution in [0.4, 0.5) is 0 Å². The Morgan fingerprint density at radius 3 is 2.67 bits per heavy atom. The number of aromatic amines is 1. The lowest BCUT2D eigenvalue weighted by atomic mass is 10.0. The summed E-state index contributed by atoms with van der Waals surface area (Å²) in [5.74, 6) is 7.37. The summed E-state index contributed by atoms with van der Waals surface area (Å²) in [7, 11) is 0. The molecule has 0 bridgehead atoms. The standard InChI is InChI=1S/C26H25N5O2/c1-2-3-14-30-15-13-19(17-30)22-16-28-31-24(25(27)32)23(29-26(22)31)18-9-11-21(12-10-18)33-20-7-5-4-6-8-20/h4-12,16,19,28H,13-15,17H2,1H3,(H2,27,32). The van der Waals surface area contributed by atoms with Crippen molar-refractivity contribution in [1.82, 2.24) is 19.5 Å². The van der Waals surface area contributed by atoms with E-state index < -0.39 is 5.91 Å². The number of aromatic nitrogens is 3. The lowest BCUT2D eigenvalue weighted by molar-refractivity contribution is 0.0994. The highest BCUT2D eigenvalue weighted by molar-refractivity contribution is 5.98. The van der Waals surface area contributed by atoms with Crippen molar-refractivity contribution in [3.8, 4) is 34.6 Å². The van der Waals surface area contributed by atoms with Gasteiger partial charge in [0, 0.05) is 29.8 Å². The summed E-state index contributed by atoms with van der Waals surface area (Å²) < 4.78 is 7.58. The zero-order chi connectivity index (χ0) is 22.8. The third-order valence-corrected chi connectivity index (χ3v) is 6.02. The summed E-state index contributed by atoms with van der Waals surface area (Å²) in [6.45, 7) is 4.55.